The van der Waals surface area contributed by atoms with Crippen LogP contribution in [0.15, 0.2) is 24.3 Å². The molecule has 0 radical (unpaired) electrons. The van der Waals surface area contributed by atoms with Gasteiger partial charge in [0.25, 0.3) is 5.91 Å². The summed E-state index contributed by atoms with van der Waals surface area (Å²) >= 11 is 13.2. The lowest BCUT2D eigenvalue weighted by molar-refractivity contribution is 0.0523. The average molecular weight is 535 g/mol. The Balaban J connectivity index is 1.93. The topological polar surface area (TPSA) is 94.5 Å². The van der Waals surface area contributed by atoms with Crippen LogP contribution in [-0.2, 0) is 24.8 Å². The minimum Gasteiger partial charge on any atom is -0.493 e. The van der Waals surface area contributed by atoms with Crippen molar-refractivity contribution < 1.29 is 19.1 Å². The lowest BCUT2D eigenvalue weighted by Gasteiger charge is -2.20. The van der Waals surface area contributed by atoms with Crippen molar-refractivity contribution in [2.45, 2.75) is 53.2 Å². The molecule has 0 unspecified atom stereocenters. The van der Waals surface area contributed by atoms with Gasteiger partial charge in [0.05, 0.1) is 28.2 Å². The summed E-state index contributed by atoms with van der Waals surface area (Å²) in [7, 11) is 1.89. The van der Waals surface area contributed by atoms with E-state index in [1.54, 1.807) is 39.0 Å². The van der Waals surface area contributed by atoms with Crippen molar-refractivity contribution in [3.63, 3.8) is 0 Å². The number of hydrogen-bond acceptors (Lipinski definition) is 5. The quantitative estimate of drug-likeness (QED) is 0.389. The summed E-state index contributed by atoms with van der Waals surface area (Å²) in [5, 5.41) is 6.48. The van der Waals surface area contributed by atoms with Crippen LogP contribution in [0.1, 0.15) is 61.9 Å². The highest BCUT2D eigenvalue weighted by molar-refractivity contribution is 6.36. The smallest absolute Gasteiger partial charge is 0.407 e. The largest absolute Gasteiger partial charge is 0.493 e. The molecule has 0 saturated heterocycles. The van der Waals surface area contributed by atoms with E-state index in [-0.39, 0.29) is 12.5 Å². The molecule has 0 aliphatic carbocycles. The summed E-state index contributed by atoms with van der Waals surface area (Å²) in [4.78, 5) is 29.4. The van der Waals surface area contributed by atoms with Crippen molar-refractivity contribution in [3.05, 3.63) is 56.8 Å². The number of benzene rings is 2. The number of amides is 2. The van der Waals surface area contributed by atoms with Crippen molar-refractivity contribution in [3.8, 4) is 5.75 Å². The minimum absolute atomic E-state index is 0.189. The van der Waals surface area contributed by atoms with Gasteiger partial charge in [-0.1, -0.05) is 29.3 Å². The molecule has 0 bridgehead atoms. The molecule has 194 valence electrons. The van der Waals surface area contributed by atoms with E-state index >= 15 is 0 Å². The lowest BCUT2D eigenvalue weighted by Crippen LogP contribution is -2.32. The van der Waals surface area contributed by atoms with Gasteiger partial charge in [0.2, 0.25) is 0 Å². The number of carbonyl (C=O) groups excluding carboxylic acids is 2. The molecule has 1 heterocycles. The second-order valence-electron chi connectivity index (χ2n) is 9.25. The first-order valence-electron chi connectivity index (χ1n) is 11.8. The van der Waals surface area contributed by atoms with Crippen molar-refractivity contribution in [1.82, 2.24) is 20.2 Å². The van der Waals surface area contributed by atoms with Crippen LogP contribution in [0.25, 0.3) is 11.0 Å². The van der Waals surface area contributed by atoms with Crippen LogP contribution in [0.2, 0.25) is 10.0 Å². The number of aromatic nitrogens is 2. The molecule has 0 fully saturated rings. The predicted octanol–water partition coefficient (Wildman–Crippen LogP) is 5.64. The third kappa shape index (κ3) is 6.42. The van der Waals surface area contributed by atoms with Gasteiger partial charge in [-0.15, -0.1) is 0 Å². The Kier molecular flexibility index (Phi) is 8.74. The summed E-state index contributed by atoms with van der Waals surface area (Å²) in [5.41, 5.74) is 2.70. The molecule has 0 atom stereocenters. The molecule has 8 nitrogen and oxygen atoms in total. The Hall–Kier alpha value is -2.97. The van der Waals surface area contributed by atoms with Crippen LogP contribution >= 0.6 is 23.2 Å². The Morgan fingerprint density at radius 3 is 2.47 bits per heavy atom. The summed E-state index contributed by atoms with van der Waals surface area (Å²) in [6, 6.07) is 7.08. The summed E-state index contributed by atoms with van der Waals surface area (Å²) in [5.74, 6) is 0.990. The van der Waals surface area contributed by atoms with Crippen LogP contribution in [0, 0.1) is 0 Å². The molecule has 2 aromatic carbocycles. The molecule has 2 amide bonds. The van der Waals surface area contributed by atoms with Gasteiger partial charge in [-0.05, 0) is 57.9 Å². The number of imidazole rings is 1. The molecule has 2 N–H and O–H groups in total. The highest BCUT2D eigenvalue weighted by atomic mass is 35.5. The van der Waals surface area contributed by atoms with E-state index in [1.165, 1.54) is 0 Å². The molecular formula is C26H32Cl2N4O4. The van der Waals surface area contributed by atoms with Gasteiger partial charge in [0.15, 0.2) is 0 Å². The van der Waals surface area contributed by atoms with Gasteiger partial charge in [-0.2, -0.15) is 0 Å². The van der Waals surface area contributed by atoms with Gasteiger partial charge < -0.3 is 24.7 Å². The molecule has 3 aromatic rings. The van der Waals surface area contributed by atoms with Gasteiger partial charge in [0.1, 0.15) is 17.2 Å². The maximum absolute atomic E-state index is 12.6. The van der Waals surface area contributed by atoms with Gasteiger partial charge in [0, 0.05) is 37.6 Å². The Labute approximate surface area is 221 Å². The number of aryl methyl sites for hydroxylation is 1. The third-order valence-corrected chi connectivity index (χ3v) is 6.20. The number of rotatable bonds is 8. The standard InChI is InChI=1S/C26H32Cl2N4O4/c1-7-29-24(33)17-11-19-20(13-21(17)35-8-2)32(6)22(31-19)12-16-18(27)10-9-15(23(16)28)14-30-25(34)36-26(3,4)5/h9-11,13H,7-8,12,14H2,1-6H3,(H,29,33)(H,30,34). The zero-order valence-corrected chi connectivity index (χ0v) is 22.9. The Morgan fingerprint density at radius 1 is 1.11 bits per heavy atom. The van der Waals surface area contributed by atoms with E-state index < -0.39 is 11.7 Å². The van der Waals surface area contributed by atoms with Crippen molar-refractivity contribution in [2.75, 3.05) is 13.2 Å². The molecule has 0 spiro atoms. The Morgan fingerprint density at radius 2 is 1.83 bits per heavy atom. The molecule has 3 rings (SSSR count). The average Bonchev–Trinajstić information content (AvgIpc) is 3.09. The number of nitrogens with zero attached hydrogens (tertiary/aromatic N) is 2. The van der Waals surface area contributed by atoms with E-state index in [2.05, 4.69) is 10.6 Å². The van der Waals surface area contributed by atoms with E-state index in [1.807, 2.05) is 31.5 Å². The number of halogens is 2. The summed E-state index contributed by atoms with van der Waals surface area (Å²) < 4.78 is 13.0. The molecule has 0 aliphatic rings. The molecule has 10 heteroatoms. The second kappa shape index (κ2) is 11.4. The number of carbonyl (C=O) groups is 2. The fraction of sp³-hybridized carbons (Fsp3) is 0.423. The van der Waals surface area contributed by atoms with Crippen LogP contribution in [0.4, 0.5) is 4.79 Å². The number of hydrogen-bond donors (Lipinski definition) is 2. The first-order valence-corrected chi connectivity index (χ1v) is 12.5. The SMILES string of the molecule is CCNC(=O)c1cc2nc(Cc3c(Cl)ccc(CNC(=O)OC(C)(C)C)c3Cl)n(C)c2cc1OCC. The molecule has 0 saturated carbocycles. The fourth-order valence-electron chi connectivity index (χ4n) is 3.72. The molecule has 1 aromatic heterocycles. The first-order chi connectivity index (χ1) is 16.9. The van der Waals surface area contributed by atoms with E-state index in [0.29, 0.717) is 63.4 Å². The van der Waals surface area contributed by atoms with Gasteiger partial charge in [-0.25, -0.2) is 9.78 Å². The normalized spacial score (nSPS) is 11.4. The maximum atomic E-state index is 12.6. The number of fused-ring (bicyclic) bond motifs is 1. The van der Waals surface area contributed by atoms with Gasteiger partial charge >= 0.3 is 6.09 Å². The number of nitrogens with one attached hydrogen (secondary N) is 2. The second-order valence-corrected chi connectivity index (χ2v) is 10.0. The molecule has 0 aliphatic heterocycles. The fourth-order valence-corrected chi connectivity index (χ4v) is 4.29. The third-order valence-electron chi connectivity index (χ3n) is 5.38. The number of ether oxygens (including phenoxy) is 2. The van der Waals surface area contributed by atoms with Crippen LogP contribution < -0.4 is 15.4 Å². The summed E-state index contributed by atoms with van der Waals surface area (Å²) in [6.45, 7) is 10.3. The van der Waals surface area contributed by atoms with Crippen LogP contribution in [0.3, 0.4) is 0 Å². The van der Waals surface area contributed by atoms with Crippen molar-refractivity contribution in [1.29, 1.82) is 0 Å². The highest BCUT2D eigenvalue weighted by Crippen LogP contribution is 2.32. The first kappa shape index (κ1) is 27.6. The van der Waals surface area contributed by atoms with Gasteiger partial charge in [-0.3, -0.25) is 4.79 Å². The van der Waals surface area contributed by atoms with Crippen LogP contribution in [0.5, 0.6) is 5.75 Å². The van der Waals surface area contributed by atoms with E-state index in [9.17, 15) is 9.59 Å². The van der Waals surface area contributed by atoms with E-state index in [0.717, 1.165) is 5.52 Å². The number of alkyl carbamates (subject to hydrolysis) is 1. The van der Waals surface area contributed by atoms with Crippen molar-refractivity contribution >= 4 is 46.2 Å². The minimum atomic E-state index is -0.599. The monoisotopic (exact) mass is 534 g/mol. The zero-order chi connectivity index (χ0) is 26.6. The maximum Gasteiger partial charge on any atom is 0.407 e. The highest BCUT2D eigenvalue weighted by Gasteiger charge is 2.20. The molecular weight excluding hydrogens is 503 g/mol. The lowest BCUT2D eigenvalue weighted by atomic mass is 10.1. The van der Waals surface area contributed by atoms with Crippen molar-refractivity contribution in [2.24, 2.45) is 7.05 Å². The summed E-state index contributed by atoms with van der Waals surface area (Å²) in [6.07, 6.45) is -0.178. The Bertz CT molecular complexity index is 1280. The molecule has 36 heavy (non-hydrogen) atoms. The zero-order valence-electron chi connectivity index (χ0n) is 21.4. The van der Waals surface area contributed by atoms with E-state index in [4.69, 9.17) is 37.7 Å². The van der Waals surface area contributed by atoms with Crippen LogP contribution in [-0.4, -0.2) is 40.3 Å². The predicted molar refractivity (Wildman–Crippen MR) is 142 cm³/mol.